The average molecular weight is 462 g/mol. The maximum absolute atomic E-state index is 12.6. The molecule has 0 bridgehead atoms. The second-order valence-electron chi connectivity index (χ2n) is 9.41. The normalized spacial score (nSPS) is 27.3. The quantitative estimate of drug-likeness (QED) is 0.631. The zero-order chi connectivity index (χ0) is 22.7. The van der Waals surface area contributed by atoms with Gasteiger partial charge in [-0.05, 0) is 62.8 Å². The zero-order valence-corrected chi connectivity index (χ0v) is 20.0. The van der Waals surface area contributed by atoms with E-state index in [1.54, 1.807) is 6.08 Å². The van der Waals surface area contributed by atoms with Crippen molar-refractivity contribution in [3.8, 4) is 0 Å². The van der Waals surface area contributed by atoms with E-state index in [9.17, 15) is 13.2 Å². The topological polar surface area (TPSA) is 70.2 Å². The Bertz CT molecular complexity index is 913. The number of morpholine rings is 1. The van der Waals surface area contributed by atoms with Gasteiger partial charge in [-0.3, -0.25) is 14.0 Å². The fourth-order valence-corrected chi connectivity index (χ4v) is 6.65. The summed E-state index contributed by atoms with van der Waals surface area (Å²) in [6.07, 6.45) is 6.77. The van der Waals surface area contributed by atoms with Gasteiger partial charge in [-0.15, -0.1) is 0 Å². The van der Waals surface area contributed by atoms with Gasteiger partial charge in [0.2, 0.25) is 15.9 Å². The number of likely N-dealkylation sites (tertiary alicyclic amines) is 1. The van der Waals surface area contributed by atoms with E-state index in [1.807, 2.05) is 35.2 Å². The number of hydrogen-bond acceptors (Lipinski definition) is 5. The molecule has 3 fully saturated rings. The lowest BCUT2D eigenvalue weighted by molar-refractivity contribution is -0.127. The molecule has 3 aliphatic rings. The number of nitrogens with zero attached hydrogens (tertiary/aromatic N) is 3. The van der Waals surface area contributed by atoms with Crippen molar-refractivity contribution in [2.45, 2.75) is 45.3 Å². The number of sulfonamides is 1. The van der Waals surface area contributed by atoms with Crippen molar-refractivity contribution < 1.29 is 17.9 Å². The van der Waals surface area contributed by atoms with Gasteiger partial charge in [0, 0.05) is 45.3 Å². The molecule has 32 heavy (non-hydrogen) atoms. The van der Waals surface area contributed by atoms with Gasteiger partial charge in [0.25, 0.3) is 0 Å². The Morgan fingerprint density at radius 2 is 1.72 bits per heavy atom. The molecule has 0 radical (unpaired) electrons. The highest BCUT2D eigenvalue weighted by molar-refractivity contribution is 7.93. The minimum Gasteiger partial charge on any atom is -0.373 e. The van der Waals surface area contributed by atoms with Crippen LogP contribution in [0.25, 0.3) is 6.08 Å². The lowest BCUT2D eigenvalue weighted by Gasteiger charge is -2.39. The third-order valence-corrected chi connectivity index (χ3v) is 8.51. The molecular formula is C24H35N3O4S. The van der Waals surface area contributed by atoms with Crippen LogP contribution in [0, 0.1) is 5.92 Å². The zero-order valence-electron chi connectivity index (χ0n) is 19.2. The molecule has 1 amide bonds. The Balaban J connectivity index is 1.25. The summed E-state index contributed by atoms with van der Waals surface area (Å²) in [5, 5.41) is 0. The molecule has 3 aliphatic heterocycles. The van der Waals surface area contributed by atoms with E-state index < -0.39 is 10.0 Å². The van der Waals surface area contributed by atoms with Crippen molar-refractivity contribution in [2.24, 2.45) is 5.92 Å². The van der Waals surface area contributed by atoms with Crippen LogP contribution in [-0.4, -0.2) is 81.4 Å². The van der Waals surface area contributed by atoms with E-state index in [0.29, 0.717) is 36.8 Å². The first-order chi connectivity index (χ1) is 15.3. The fourth-order valence-electron chi connectivity index (χ4n) is 5.09. The number of anilines is 1. The summed E-state index contributed by atoms with van der Waals surface area (Å²) in [5.41, 5.74) is 1.58. The number of carbonyl (C=O) groups is 1. The molecule has 3 saturated heterocycles. The first-order valence-corrected chi connectivity index (χ1v) is 13.4. The van der Waals surface area contributed by atoms with Crippen LogP contribution in [0.3, 0.4) is 0 Å². The highest BCUT2D eigenvalue weighted by Gasteiger charge is 2.29. The number of piperidine rings is 1. The molecule has 2 unspecified atom stereocenters. The molecule has 7 nitrogen and oxygen atoms in total. The fraction of sp³-hybridized carbons (Fsp3) is 0.625. The number of amides is 1. The van der Waals surface area contributed by atoms with E-state index in [4.69, 9.17) is 4.74 Å². The Morgan fingerprint density at radius 3 is 2.31 bits per heavy atom. The van der Waals surface area contributed by atoms with E-state index in [0.717, 1.165) is 51.1 Å². The maximum atomic E-state index is 12.6. The van der Waals surface area contributed by atoms with E-state index in [1.165, 1.54) is 4.31 Å². The molecule has 0 aliphatic carbocycles. The Labute approximate surface area is 192 Å². The molecular weight excluding hydrogens is 426 g/mol. The summed E-state index contributed by atoms with van der Waals surface area (Å²) in [7, 11) is -3.17. The van der Waals surface area contributed by atoms with Gasteiger partial charge in [-0.2, -0.15) is 0 Å². The number of ether oxygens (including phenoxy) is 1. The average Bonchev–Trinajstić information content (AvgIpc) is 3.11. The highest BCUT2D eigenvalue weighted by atomic mass is 32.2. The van der Waals surface area contributed by atoms with Crippen LogP contribution in [0.5, 0.6) is 0 Å². The van der Waals surface area contributed by atoms with E-state index in [2.05, 4.69) is 18.7 Å². The predicted molar refractivity (Wildman–Crippen MR) is 127 cm³/mol. The summed E-state index contributed by atoms with van der Waals surface area (Å²) in [5.74, 6) is 0.892. The molecule has 3 heterocycles. The molecule has 0 aromatic heterocycles. The van der Waals surface area contributed by atoms with Crippen LogP contribution in [0.1, 0.15) is 38.7 Å². The first-order valence-electron chi connectivity index (χ1n) is 11.8. The van der Waals surface area contributed by atoms with Gasteiger partial charge in [-0.25, -0.2) is 8.42 Å². The molecule has 1 aromatic carbocycles. The number of rotatable bonds is 5. The molecule has 0 N–H and O–H groups in total. The monoisotopic (exact) mass is 461 g/mol. The summed E-state index contributed by atoms with van der Waals surface area (Å²) in [6.45, 7) is 9.49. The minimum atomic E-state index is -3.17. The largest absolute Gasteiger partial charge is 0.373 e. The summed E-state index contributed by atoms with van der Waals surface area (Å²) in [6, 6.07) is 7.35. The molecule has 4 rings (SSSR count). The summed E-state index contributed by atoms with van der Waals surface area (Å²) in [4.78, 5) is 17.1. The van der Waals surface area contributed by atoms with Crippen molar-refractivity contribution in [3.05, 3.63) is 35.9 Å². The van der Waals surface area contributed by atoms with E-state index >= 15 is 0 Å². The SMILES string of the molecule is CC1CN(CC2CCN(C(=O)/C=C/c3ccc(N4CCCS4(=O)=O)cc3)CC2)CC(C)O1. The van der Waals surface area contributed by atoms with Crippen molar-refractivity contribution in [2.75, 3.05) is 49.3 Å². The van der Waals surface area contributed by atoms with E-state index in [-0.39, 0.29) is 11.7 Å². The lowest BCUT2D eigenvalue weighted by atomic mass is 9.95. The van der Waals surface area contributed by atoms with Gasteiger partial charge < -0.3 is 9.64 Å². The van der Waals surface area contributed by atoms with Crippen molar-refractivity contribution in [1.82, 2.24) is 9.80 Å². The summed E-state index contributed by atoms with van der Waals surface area (Å²) < 4.78 is 31.4. The molecule has 1 aromatic rings. The smallest absolute Gasteiger partial charge is 0.246 e. The van der Waals surface area contributed by atoms with Gasteiger partial charge in [0.1, 0.15) is 0 Å². The highest BCUT2D eigenvalue weighted by Crippen LogP contribution is 2.25. The molecule has 0 spiro atoms. The van der Waals surface area contributed by atoms with Crippen LogP contribution in [-0.2, 0) is 19.6 Å². The van der Waals surface area contributed by atoms with Gasteiger partial charge in [-0.1, -0.05) is 12.1 Å². The van der Waals surface area contributed by atoms with Gasteiger partial charge in [0.05, 0.1) is 23.6 Å². The van der Waals surface area contributed by atoms with Crippen molar-refractivity contribution >= 4 is 27.7 Å². The minimum absolute atomic E-state index is 0.0447. The third kappa shape index (κ3) is 5.71. The molecule has 8 heteroatoms. The Hall–Kier alpha value is -1.90. The lowest BCUT2D eigenvalue weighted by Crippen LogP contribution is -2.48. The van der Waals surface area contributed by atoms with Crippen LogP contribution in [0.15, 0.2) is 30.3 Å². The first kappa shape index (κ1) is 23.3. The number of carbonyl (C=O) groups excluding carboxylic acids is 1. The number of hydrogen-bond donors (Lipinski definition) is 0. The van der Waals surface area contributed by atoms with Crippen molar-refractivity contribution in [1.29, 1.82) is 0 Å². The molecule has 0 saturated carbocycles. The van der Waals surface area contributed by atoms with Crippen LogP contribution < -0.4 is 4.31 Å². The molecule has 176 valence electrons. The van der Waals surface area contributed by atoms with Crippen molar-refractivity contribution in [3.63, 3.8) is 0 Å². The Morgan fingerprint density at radius 1 is 1.06 bits per heavy atom. The molecule has 2 atom stereocenters. The van der Waals surface area contributed by atoms with Crippen LogP contribution in [0.4, 0.5) is 5.69 Å². The summed E-state index contributed by atoms with van der Waals surface area (Å²) >= 11 is 0. The second-order valence-corrected chi connectivity index (χ2v) is 11.4. The Kier molecular flexibility index (Phi) is 7.22. The second kappa shape index (κ2) is 9.93. The van der Waals surface area contributed by atoms with Crippen LogP contribution in [0.2, 0.25) is 0 Å². The van der Waals surface area contributed by atoms with Gasteiger partial charge in [0.15, 0.2) is 0 Å². The predicted octanol–water partition coefficient (Wildman–Crippen LogP) is 2.59. The van der Waals surface area contributed by atoms with Crippen LogP contribution >= 0.6 is 0 Å². The standard InChI is InChI=1S/C24H35N3O4S/c1-19-16-25(17-20(2)31-19)18-22-10-13-26(14-11-22)24(28)9-6-21-4-7-23(8-5-21)27-12-3-15-32(27,29)30/h4-9,19-20,22H,3,10-18H2,1-2H3/b9-6+. The number of benzene rings is 1. The third-order valence-electron chi connectivity index (χ3n) is 6.64. The maximum Gasteiger partial charge on any atom is 0.246 e. The van der Waals surface area contributed by atoms with Gasteiger partial charge >= 0.3 is 0 Å².